The molecule has 0 aliphatic carbocycles. The standard InChI is InChI=1S/C21H16N2O2S2/c24-19(13-6-2-1-3-7-13)23-21-18(14-10-11-25-12-17(14)27-21)20-22-15-8-4-5-9-16(15)26-20/h1-9H,10-12H2,(H,23,24). The fourth-order valence-corrected chi connectivity index (χ4v) is 5.58. The van der Waals surface area contributed by atoms with Gasteiger partial charge in [-0.2, -0.15) is 0 Å². The molecule has 5 rings (SSSR count). The lowest BCUT2D eigenvalue weighted by Gasteiger charge is -2.12. The van der Waals surface area contributed by atoms with Crippen molar-refractivity contribution in [2.75, 3.05) is 11.9 Å². The van der Waals surface area contributed by atoms with Crippen LogP contribution in [0.2, 0.25) is 0 Å². The van der Waals surface area contributed by atoms with Gasteiger partial charge in [0, 0.05) is 16.0 Å². The van der Waals surface area contributed by atoms with Crippen LogP contribution in [-0.2, 0) is 17.8 Å². The summed E-state index contributed by atoms with van der Waals surface area (Å²) >= 11 is 3.27. The van der Waals surface area contributed by atoms with Crippen molar-refractivity contribution in [1.82, 2.24) is 4.98 Å². The number of nitrogens with one attached hydrogen (secondary N) is 1. The van der Waals surface area contributed by atoms with Crippen LogP contribution in [0.5, 0.6) is 0 Å². The summed E-state index contributed by atoms with van der Waals surface area (Å²) in [4.78, 5) is 18.7. The first kappa shape index (κ1) is 16.6. The lowest BCUT2D eigenvalue weighted by Crippen LogP contribution is -2.11. The number of amides is 1. The molecule has 0 saturated carbocycles. The van der Waals surface area contributed by atoms with Crippen molar-refractivity contribution >= 4 is 43.8 Å². The second-order valence-corrected chi connectivity index (χ2v) is 8.45. The number of ether oxygens (including phenoxy) is 1. The van der Waals surface area contributed by atoms with E-state index in [0.29, 0.717) is 18.8 Å². The Hall–Kier alpha value is -2.54. The van der Waals surface area contributed by atoms with E-state index >= 15 is 0 Å². The Bertz CT molecular complexity index is 1100. The van der Waals surface area contributed by atoms with E-state index in [4.69, 9.17) is 9.72 Å². The molecule has 0 fully saturated rings. The van der Waals surface area contributed by atoms with Gasteiger partial charge >= 0.3 is 0 Å². The molecular weight excluding hydrogens is 376 g/mol. The average Bonchev–Trinajstić information content (AvgIpc) is 3.29. The molecule has 1 amide bonds. The van der Waals surface area contributed by atoms with Crippen LogP contribution in [0.25, 0.3) is 20.8 Å². The van der Waals surface area contributed by atoms with E-state index in [9.17, 15) is 4.79 Å². The van der Waals surface area contributed by atoms with Crippen LogP contribution < -0.4 is 5.32 Å². The summed E-state index contributed by atoms with van der Waals surface area (Å²) in [6, 6.07) is 17.4. The quantitative estimate of drug-likeness (QED) is 0.511. The number of thiazole rings is 1. The van der Waals surface area contributed by atoms with Crippen molar-refractivity contribution in [3.05, 3.63) is 70.6 Å². The minimum atomic E-state index is -0.0996. The third-order valence-electron chi connectivity index (χ3n) is 4.59. The van der Waals surface area contributed by atoms with Gasteiger partial charge < -0.3 is 10.1 Å². The van der Waals surface area contributed by atoms with Gasteiger partial charge in [0.2, 0.25) is 0 Å². The summed E-state index contributed by atoms with van der Waals surface area (Å²) in [7, 11) is 0. The predicted molar refractivity (Wildman–Crippen MR) is 111 cm³/mol. The van der Waals surface area contributed by atoms with Gasteiger partial charge in [-0.25, -0.2) is 4.98 Å². The second kappa shape index (κ2) is 6.88. The summed E-state index contributed by atoms with van der Waals surface area (Å²) < 4.78 is 6.78. The molecule has 1 aliphatic heterocycles. The maximum absolute atomic E-state index is 12.7. The average molecular weight is 393 g/mol. The van der Waals surface area contributed by atoms with Crippen LogP contribution in [-0.4, -0.2) is 17.5 Å². The highest BCUT2D eigenvalue weighted by atomic mass is 32.1. The molecule has 1 N–H and O–H groups in total. The number of aromatic nitrogens is 1. The van der Waals surface area contributed by atoms with Crippen molar-refractivity contribution < 1.29 is 9.53 Å². The largest absolute Gasteiger partial charge is 0.376 e. The van der Waals surface area contributed by atoms with Gasteiger partial charge in [0.05, 0.1) is 23.4 Å². The molecule has 0 unspecified atom stereocenters. The molecule has 0 radical (unpaired) electrons. The predicted octanol–water partition coefficient (Wildman–Crippen LogP) is 5.35. The normalized spacial score (nSPS) is 13.5. The Morgan fingerprint density at radius 3 is 2.70 bits per heavy atom. The third-order valence-corrected chi connectivity index (χ3v) is 6.77. The number of benzene rings is 2. The Balaban J connectivity index is 1.61. The van der Waals surface area contributed by atoms with Gasteiger partial charge in [-0.15, -0.1) is 22.7 Å². The molecule has 0 spiro atoms. The zero-order valence-electron chi connectivity index (χ0n) is 14.4. The highest BCUT2D eigenvalue weighted by Gasteiger charge is 2.25. The lowest BCUT2D eigenvalue weighted by molar-refractivity contribution is 0.102. The monoisotopic (exact) mass is 392 g/mol. The highest BCUT2D eigenvalue weighted by molar-refractivity contribution is 7.22. The minimum absolute atomic E-state index is 0.0996. The number of nitrogens with zero attached hydrogens (tertiary/aromatic N) is 1. The number of rotatable bonds is 3. The number of carbonyl (C=O) groups excluding carboxylic acids is 1. The van der Waals surface area contributed by atoms with E-state index in [1.165, 1.54) is 10.4 Å². The number of anilines is 1. The molecule has 0 saturated heterocycles. The first-order chi connectivity index (χ1) is 13.3. The maximum atomic E-state index is 12.7. The zero-order chi connectivity index (χ0) is 18.2. The molecule has 4 aromatic rings. The molecule has 6 heteroatoms. The van der Waals surface area contributed by atoms with Gasteiger partial charge in [0.1, 0.15) is 10.0 Å². The molecule has 0 atom stereocenters. The molecule has 27 heavy (non-hydrogen) atoms. The van der Waals surface area contributed by atoms with Gasteiger partial charge in [0.25, 0.3) is 5.91 Å². The van der Waals surface area contributed by atoms with Crippen molar-refractivity contribution in [1.29, 1.82) is 0 Å². The number of thiophene rings is 1. The first-order valence-electron chi connectivity index (χ1n) is 8.74. The van der Waals surface area contributed by atoms with Crippen LogP contribution in [0, 0.1) is 0 Å². The second-order valence-electron chi connectivity index (χ2n) is 6.32. The molecular formula is C21H16N2O2S2. The van der Waals surface area contributed by atoms with Crippen molar-refractivity contribution in [3.63, 3.8) is 0 Å². The van der Waals surface area contributed by atoms with E-state index in [0.717, 1.165) is 32.2 Å². The Labute approximate surface area is 164 Å². The maximum Gasteiger partial charge on any atom is 0.256 e. The number of fused-ring (bicyclic) bond motifs is 2. The van der Waals surface area contributed by atoms with E-state index in [-0.39, 0.29) is 5.91 Å². The zero-order valence-corrected chi connectivity index (χ0v) is 16.0. The first-order valence-corrected chi connectivity index (χ1v) is 10.4. The van der Waals surface area contributed by atoms with E-state index in [2.05, 4.69) is 11.4 Å². The van der Waals surface area contributed by atoms with Crippen molar-refractivity contribution in [3.8, 4) is 10.6 Å². The van der Waals surface area contributed by atoms with Gasteiger partial charge in [-0.3, -0.25) is 4.79 Å². The van der Waals surface area contributed by atoms with Crippen molar-refractivity contribution in [2.45, 2.75) is 13.0 Å². The smallest absolute Gasteiger partial charge is 0.256 e. The van der Waals surface area contributed by atoms with Crippen LogP contribution in [0.3, 0.4) is 0 Å². The number of hydrogen-bond donors (Lipinski definition) is 1. The molecule has 1 aliphatic rings. The SMILES string of the molecule is O=C(Nc1sc2c(c1-c1nc3ccccc3s1)CCOC2)c1ccccc1. The van der Waals surface area contributed by atoms with Gasteiger partial charge in [0.15, 0.2) is 0 Å². The number of para-hydroxylation sites is 1. The van der Waals surface area contributed by atoms with Crippen LogP contribution >= 0.6 is 22.7 Å². The Kier molecular flexibility index (Phi) is 4.24. The number of carbonyl (C=O) groups is 1. The molecule has 0 bridgehead atoms. The molecule has 2 aromatic carbocycles. The van der Waals surface area contributed by atoms with Crippen molar-refractivity contribution in [2.24, 2.45) is 0 Å². The molecule has 134 valence electrons. The van der Waals surface area contributed by atoms with Crippen LogP contribution in [0.15, 0.2) is 54.6 Å². The Morgan fingerprint density at radius 2 is 1.85 bits per heavy atom. The summed E-state index contributed by atoms with van der Waals surface area (Å²) in [6.45, 7) is 1.30. The van der Waals surface area contributed by atoms with E-state index in [1.54, 1.807) is 22.7 Å². The van der Waals surface area contributed by atoms with E-state index < -0.39 is 0 Å². The number of hydrogen-bond acceptors (Lipinski definition) is 5. The fourth-order valence-electron chi connectivity index (χ4n) is 3.29. The minimum Gasteiger partial charge on any atom is -0.376 e. The third kappa shape index (κ3) is 3.06. The molecule has 2 aromatic heterocycles. The fraction of sp³-hybridized carbons (Fsp3) is 0.143. The Morgan fingerprint density at radius 1 is 1.04 bits per heavy atom. The highest BCUT2D eigenvalue weighted by Crippen LogP contribution is 2.45. The van der Waals surface area contributed by atoms with Crippen LogP contribution in [0.4, 0.5) is 5.00 Å². The molecule has 3 heterocycles. The summed E-state index contributed by atoms with van der Waals surface area (Å²) in [5.41, 5.74) is 3.96. The topological polar surface area (TPSA) is 51.2 Å². The van der Waals surface area contributed by atoms with Gasteiger partial charge in [-0.1, -0.05) is 30.3 Å². The van der Waals surface area contributed by atoms with Crippen LogP contribution in [0.1, 0.15) is 20.8 Å². The van der Waals surface area contributed by atoms with E-state index in [1.807, 2.05) is 48.5 Å². The van der Waals surface area contributed by atoms with Gasteiger partial charge in [-0.05, 0) is 36.2 Å². The summed E-state index contributed by atoms with van der Waals surface area (Å²) in [5, 5.41) is 4.93. The summed E-state index contributed by atoms with van der Waals surface area (Å²) in [5.74, 6) is -0.0996. The molecule has 4 nitrogen and oxygen atoms in total. The lowest BCUT2D eigenvalue weighted by atomic mass is 10.1. The summed E-state index contributed by atoms with van der Waals surface area (Å²) in [6.07, 6.45) is 0.846.